The molecule has 0 aliphatic rings. The molecule has 6 nitrogen and oxygen atoms in total. The molecule has 0 radical (unpaired) electrons. The second kappa shape index (κ2) is 7.32. The first-order chi connectivity index (χ1) is 11.4. The largest absolute Gasteiger partial charge is 0.465 e. The van der Waals surface area contributed by atoms with Crippen molar-refractivity contribution in [2.24, 2.45) is 0 Å². The third kappa shape index (κ3) is 3.72. The summed E-state index contributed by atoms with van der Waals surface area (Å²) in [4.78, 5) is 35.2. The van der Waals surface area contributed by atoms with E-state index in [1.807, 2.05) is 0 Å². The SMILES string of the molecule is COC(=O)c1ccccc1NC(=O)NC(=O)c1c(F)cccc1F. The van der Waals surface area contributed by atoms with Crippen molar-refractivity contribution in [3.8, 4) is 0 Å². The Bertz CT molecular complexity index is 788. The van der Waals surface area contributed by atoms with Gasteiger partial charge < -0.3 is 10.1 Å². The van der Waals surface area contributed by atoms with Crippen LogP contribution >= 0.6 is 0 Å². The molecule has 3 amide bonds. The lowest BCUT2D eigenvalue weighted by molar-refractivity contribution is 0.0601. The predicted octanol–water partition coefficient (Wildman–Crippen LogP) is 2.71. The quantitative estimate of drug-likeness (QED) is 0.845. The van der Waals surface area contributed by atoms with Crippen LogP contribution in [0.2, 0.25) is 0 Å². The third-order valence-corrected chi connectivity index (χ3v) is 3.00. The van der Waals surface area contributed by atoms with Crippen LogP contribution in [0.15, 0.2) is 42.5 Å². The number of nitrogens with one attached hydrogen (secondary N) is 2. The minimum absolute atomic E-state index is 0.0553. The smallest absolute Gasteiger partial charge is 0.339 e. The average molecular weight is 334 g/mol. The number of imide groups is 1. The van der Waals surface area contributed by atoms with Crippen molar-refractivity contribution in [3.63, 3.8) is 0 Å². The fraction of sp³-hybridized carbons (Fsp3) is 0.0625. The monoisotopic (exact) mass is 334 g/mol. The van der Waals surface area contributed by atoms with Gasteiger partial charge in [0.2, 0.25) is 0 Å². The van der Waals surface area contributed by atoms with E-state index in [9.17, 15) is 23.2 Å². The molecule has 0 aliphatic heterocycles. The van der Waals surface area contributed by atoms with E-state index in [1.165, 1.54) is 19.2 Å². The zero-order chi connectivity index (χ0) is 17.7. The van der Waals surface area contributed by atoms with Gasteiger partial charge in [-0.1, -0.05) is 18.2 Å². The molecule has 0 aliphatic carbocycles. The third-order valence-electron chi connectivity index (χ3n) is 3.00. The van der Waals surface area contributed by atoms with Crippen molar-refractivity contribution >= 4 is 23.6 Å². The second-order valence-corrected chi connectivity index (χ2v) is 4.54. The predicted molar refractivity (Wildman–Crippen MR) is 80.6 cm³/mol. The summed E-state index contributed by atoms with van der Waals surface area (Å²) in [6, 6.07) is 7.72. The van der Waals surface area contributed by atoms with Crippen molar-refractivity contribution in [2.45, 2.75) is 0 Å². The van der Waals surface area contributed by atoms with Crippen LogP contribution in [0.4, 0.5) is 19.3 Å². The summed E-state index contributed by atoms with van der Waals surface area (Å²) in [5.74, 6) is -4.15. The number of ether oxygens (including phenoxy) is 1. The first kappa shape index (κ1) is 17.1. The van der Waals surface area contributed by atoms with Gasteiger partial charge in [0.1, 0.15) is 17.2 Å². The summed E-state index contributed by atoms with van der Waals surface area (Å²) in [6.45, 7) is 0. The first-order valence-corrected chi connectivity index (χ1v) is 6.67. The first-order valence-electron chi connectivity index (χ1n) is 6.67. The molecule has 0 unspecified atom stereocenters. The second-order valence-electron chi connectivity index (χ2n) is 4.54. The van der Waals surface area contributed by atoms with E-state index >= 15 is 0 Å². The summed E-state index contributed by atoms with van der Waals surface area (Å²) in [7, 11) is 1.17. The number of amides is 3. The van der Waals surface area contributed by atoms with Gasteiger partial charge in [-0.2, -0.15) is 0 Å². The van der Waals surface area contributed by atoms with Crippen molar-refractivity contribution in [1.82, 2.24) is 5.32 Å². The molecule has 0 aromatic heterocycles. The summed E-state index contributed by atoms with van der Waals surface area (Å²) >= 11 is 0. The summed E-state index contributed by atoms with van der Waals surface area (Å²) in [5.41, 5.74) is -0.753. The number of esters is 1. The lowest BCUT2D eigenvalue weighted by Gasteiger charge is -2.10. The molecule has 0 atom stereocenters. The zero-order valence-electron chi connectivity index (χ0n) is 12.4. The van der Waals surface area contributed by atoms with E-state index in [0.717, 1.165) is 18.2 Å². The van der Waals surface area contributed by atoms with Gasteiger partial charge in [-0.3, -0.25) is 10.1 Å². The number of urea groups is 1. The van der Waals surface area contributed by atoms with Gasteiger partial charge >= 0.3 is 12.0 Å². The van der Waals surface area contributed by atoms with Gasteiger partial charge in [0.25, 0.3) is 5.91 Å². The van der Waals surface area contributed by atoms with Crippen molar-refractivity contribution in [3.05, 3.63) is 65.2 Å². The van der Waals surface area contributed by atoms with Gasteiger partial charge in [-0.05, 0) is 24.3 Å². The van der Waals surface area contributed by atoms with Crippen LogP contribution < -0.4 is 10.6 Å². The van der Waals surface area contributed by atoms with E-state index in [1.54, 1.807) is 17.4 Å². The molecule has 2 aromatic carbocycles. The summed E-state index contributed by atoms with van der Waals surface area (Å²) in [5, 5.41) is 4.04. The highest BCUT2D eigenvalue weighted by Crippen LogP contribution is 2.16. The maximum Gasteiger partial charge on any atom is 0.339 e. The van der Waals surface area contributed by atoms with Gasteiger partial charge in [0, 0.05) is 0 Å². The number of hydrogen-bond acceptors (Lipinski definition) is 4. The van der Waals surface area contributed by atoms with Gasteiger partial charge in [0.15, 0.2) is 0 Å². The van der Waals surface area contributed by atoms with E-state index in [0.29, 0.717) is 0 Å². The molecular formula is C16H12F2N2O4. The standard InChI is InChI=1S/C16H12F2N2O4/c1-24-15(22)9-5-2-3-8-12(9)19-16(23)20-14(21)13-10(17)6-4-7-11(13)18/h2-8H,1H3,(H2,19,20,21,23). The number of anilines is 1. The van der Waals surface area contributed by atoms with Crippen LogP contribution in [0.1, 0.15) is 20.7 Å². The number of rotatable bonds is 3. The van der Waals surface area contributed by atoms with Crippen LogP contribution in [-0.4, -0.2) is 25.0 Å². The summed E-state index contributed by atoms with van der Waals surface area (Å²) in [6.07, 6.45) is 0. The molecule has 0 bridgehead atoms. The molecule has 0 saturated carbocycles. The van der Waals surface area contributed by atoms with Crippen molar-refractivity contribution in [1.29, 1.82) is 0 Å². The Hall–Kier alpha value is -3.29. The Morgan fingerprint density at radius 1 is 0.958 bits per heavy atom. The van der Waals surface area contributed by atoms with Gasteiger partial charge in [-0.15, -0.1) is 0 Å². The molecule has 0 heterocycles. The Morgan fingerprint density at radius 3 is 2.21 bits per heavy atom. The fourth-order valence-electron chi connectivity index (χ4n) is 1.91. The minimum atomic E-state index is -1.25. The Morgan fingerprint density at radius 2 is 1.58 bits per heavy atom. The Labute approximate surface area is 135 Å². The van der Waals surface area contributed by atoms with E-state index in [-0.39, 0.29) is 11.3 Å². The fourth-order valence-corrected chi connectivity index (χ4v) is 1.91. The number of methoxy groups -OCH3 is 1. The Balaban J connectivity index is 2.15. The zero-order valence-corrected chi connectivity index (χ0v) is 12.4. The molecule has 0 saturated heterocycles. The number of halogens is 2. The van der Waals surface area contributed by atoms with Crippen LogP contribution in [0.5, 0.6) is 0 Å². The molecule has 2 N–H and O–H groups in total. The van der Waals surface area contributed by atoms with E-state index in [4.69, 9.17) is 0 Å². The van der Waals surface area contributed by atoms with Crippen LogP contribution in [0, 0.1) is 11.6 Å². The average Bonchev–Trinajstić information content (AvgIpc) is 2.54. The van der Waals surface area contributed by atoms with E-state index in [2.05, 4.69) is 10.1 Å². The highest BCUT2D eigenvalue weighted by atomic mass is 19.1. The van der Waals surface area contributed by atoms with Crippen LogP contribution in [0.25, 0.3) is 0 Å². The van der Waals surface area contributed by atoms with Crippen LogP contribution in [0.3, 0.4) is 0 Å². The van der Waals surface area contributed by atoms with Gasteiger partial charge in [-0.25, -0.2) is 18.4 Å². The van der Waals surface area contributed by atoms with E-state index < -0.39 is 35.1 Å². The molecule has 24 heavy (non-hydrogen) atoms. The number of hydrogen-bond donors (Lipinski definition) is 2. The lowest BCUT2D eigenvalue weighted by Crippen LogP contribution is -2.35. The summed E-state index contributed by atoms with van der Waals surface area (Å²) < 4.78 is 31.6. The topological polar surface area (TPSA) is 84.5 Å². The van der Waals surface area contributed by atoms with Crippen molar-refractivity contribution in [2.75, 3.05) is 12.4 Å². The highest BCUT2D eigenvalue weighted by Gasteiger charge is 2.20. The van der Waals surface area contributed by atoms with Crippen LogP contribution in [-0.2, 0) is 4.74 Å². The molecular weight excluding hydrogens is 322 g/mol. The molecule has 2 rings (SSSR count). The highest BCUT2D eigenvalue weighted by molar-refractivity contribution is 6.09. The maximum atomic E-state index is 13.5. The molecule has 0 spiro atoms. The maximum absolute atomic E-state index is 13.5. The molecule has 8 heteroatoms. The molecule has 2 aromatic rings. The van der Waals surface area contributed by atoms with Gasteiger partial charge in [0.05, 0.1) is 18.4 Å². The normalized spacial score (nSPS) is 9.96. The number of benzene rings is 2. The minimum Gasteiger partial charge on any atom is -0.465 e. The number of para-hydroxylation sites is 1. The lowest BCUT2D eigenvalue weighted by atomic mass is 10.2. The van der Waals surface area contributed by atoms with Crippen molar-refractivity contribution < 1.29 is 27.9 Å². The number of carbonyl (C=O) groups excluding carboxylic acids is 3. The number of carbonyl (C=O) groups is 3. The molecule has 124 valence electrons. The molecule has 0 fully saturated rings. The Kier molecular flexibility index (Phi) is 5.20.